The van der Waals surface area contributed by atoms with Gasteiger partial charge in [-0.2, -0.15) is 0 Å². The molecule has 2 aromatic rings. The van der Waals surface area contributed by atoms with Crippen LogP contribution < -0.4 is 11.1 Å². The van der Waals surface area contributed by atoms with E-state index in [-0.39, 0.29) is 5.91 Å². The van der Waals surface area contributed by atoms with Crippen molar-refractivity contribution >= 4 is 44.6 Å². The number of anilines is 1. The first kappa shape index (κ1) is 13.7. The Hall–Kier alpha value is -1.70. The summed E-state index contributed by atoms with van der Waals surface area (Å²) in [5.74, 6) is 5.50. The highest BCUT2D eigenvalue weighted by Crippen LogP contribution is 2.37. The lowest BCUT2D eigenvalue weighted by atomic mass is 10.2. The van der Waals surface area contributed by atoms with Crippen LogP contribution in [0.2, 0.25) is 5.02 Å². The molecule has 3 N–H and O–H groups in total. The molecule has 0 fully saturated rings. The van der Waals surface area contributed by atoms with Crippen LogP contribution in [-0.4, -0.2) is 12.5 Å². The van der Waals surface area contributed by atoms with Crippen LogP contribution in [0.4, 0.5) is 5.69 Å². The predicted molar refractivity (Wildman–Crippen MR) is 81.6 cm³/mol. The van der Waals surface area contributed by atoms with Crippen LogP contribution in [0.5, 0.6) is 0 Å². The molecule has 5 heteroatoms. The number of nitrogens with two attached hydrogens (primary N) is 1. The summed E-state index contributed by atoms with van der Waals surface area (Å²) < 4.78 is 0.920. The van der Waals surface area contributed by atoms with E-state index in [9.17, 15) is 4.79 Å². The number of carbonyl (C=O) groups is 1. The Labute approximate surface area is 120 Å². The van der Waals surface area contributed by atoms with Gasteiger partial charge in [0, 0.05) is 23.1 Å². The van der Waals surface area contributed by atoms with Crippen molar-refractivity contribution in [2.75, 3.05) is 12.3 Å². The summed E-state index contributed by atoms with van der Waals surface area (Å²) in [5.41, 5.74) is 6.46. The van der Waals surface area contributed by atoms with Gasteiger partial charge in [0.1, 0.15) is 4.88 Å². The highest BCUT2D eigenvalue weighted by Gasteiger charge is 2.17. The first-order valence-corrected chi connectivity index (χ1v) is 6.99. The third kappa shape index (κ3) is 2.83. The Morgan fingerprint density at radius 1 is 1.53 bits per heavy atom. The maximum atomic E-state index is 12.0. The lowest BCUT2D eigenvalue weighted by Crippen LogP contribution is -2.24. The normalized spacial score (nSPS) is 10.0. The number of thiophene rings is 1. The van der Waals surface area contributed by atoms with Gasteiger partial charge in [-0.05, 0) is 19.1 Å². The Morgan fingerprint density at radius 2 is 2.32 bits per heavy atom. The highest BCUT2D eigenvalue weighted by atomic mass is 35.5. The van der Waals surface area contributed by atoms with Crippen molar-refractivity contribution in [3.63, 3.8) is 0 Å². The van der Waals surface area contributed by atoms with Gasteiger partial charge >= 0.3 is 0 Å². The fourth-order valence-corrected chi connectivity index (χ4v) is 3.14. The quantitative estimate of drug-likeness (QED) is 0.674. The van der Waals surface area contributed by atoms with Crippen molar-refractivity contribution in [1.82, 2.24) is 5.32 Å². The van der Waals surface area contributed by atoms with Crippen molar-refractivity contribution in [1.29, 1.82) is 0 Å². The van der Waals surface area contributed by atoms with Gasteiger partial charge in [0.05, 0.1) is 10.7 Å². The van der Waals surface area contributed by atoms with Gasteiger partial charge in [-0.15, -0.1) is 23.2 Å². The summed E-state index contributed by atoms with van der Waals surface area (Å²) >= 11 is 7.46. The molecule has 0 radical (unpaired) electrons. The number of halogens is 1. The van der Waals surface area contributed by atoms with Gasteiger partial charge < -0.3 is 11.1 Å². The van der Waals surface area contributed by atoms with Crippen LogP contribution in [0, 0.1) is 11.8 Å². The number of fused-ring (bicyclic) bond motifs is 1. The summed E-state index contributed by atoms with van der Waals surface area (Å²) in [7, 11) is 0. The van der Waals surface area contributed by atoms with Gasteiger partial charge in [-0.1, -0.05) is 17.7 Å². The molecule has 1 aromatic carbocycles. The summed E-state index contributed by atoms with van der Waals surface area (Å²) in [6.07, 6.45) is 0.633. The first-order chi connectivity index (χ1) is 9.15. The van der Waals surface area contributed by atoms with Gasteiger partial charge in [0.25, 0.3) is 5.91 Å². The molecule has 0 spiro atoms. The number of nitrogens with one attached hydrogen (secondary N) is 1. The topological polar surface area (TPSA) is 55.1 Å². The van der Waals surface area contributed by atoms with Crippen molar-refractivity contribution in [3.05, 3.63) is 28.1 Å². The molecular formula is C14H13ClN2OS. The molecule has 2 rings (SSSR count). The minimum Gasteiger partial charge on any atom is -0.397 e. The molecule has 0 saturated heterocycles. The van der Waals surface area contributed by atoms with E-state index in [0.29, 0.717) is 28.6 Å². The van der Waals surface area contributed by atoms with Crippen molar-refractivity contribution in [2.24, 2.45) is 0 Å². The standard InChI is InChI=1S/C14H13ClN2OS/c1-2-3-4-8-17-14(18)13-12(16)11-9(15)6-5-7-10(11)19-13/h5-7H,4,8,16H2,1H3,(H,17,18). The fraction of sp³-hybridized carbons (Fsp3) is 0.214. The van der Waals surface area contributed by atoms with E-state index >= 15 is 0 Å². The Balaban J connectivity index is 2.24. The van der Waals surface area contributed by atoms with E-state index in [2.05, 4.69) is 17.2 Å². The summed E-state index contributed by atoms with van der Waals surface area (Å²) in [4.78, 5) is 12.5. The molecular weight excluding hydrogens is 280 g/mol. The average molecular weight is 293 g/mol. The van der Waals surface area contributed by atoms with E-state index in [0.717, 1.165) is 10.1 Å². The molecule has 0 aliphatic carbocycles. The zero-order valence-electron chi connectivity index (χ0n) is 10.4. The zero-order chi connectivity index (χ0) is 13.8. The van der Waals surface area contributed by atoms with Crippen LogP contribution in [0.25, 0.3) is 10.1 Å². The number of hydrogen-bond acceptors (Lipinski definition) is 3. The third-order valence-corrected chi connectivity index (χ3v) is 4.10. The second kappa shape index (κ2) is 5.96. The zero-order valence-corrected chi connectivity index (χ0v) is 12.0. The van der Waals surface area contributed by atoms with Crippen LogP contribution in [0.3, 0.4) is 0 Å². The molecule has 1 heterocycles. The van der Waals surface area contributed by atoms with E-state index in [1.54, 1.807) is 13.0 Å². The minimum absolute atomic E-state index is 0.173. The monoisotopic (exact) mass is 292 g/mol. The third-order valence-electron chi connectivity index (χ3n) is 2.62. The van der Waals surface area contributed by atoms with Crippen molar-refractivity contribution in [3.8, 4) is 11.8 Å². The second-order valence-corrected chi connectivity index (χ2v) is 5.35. The number of hydrogen-bond donors (Lipinski definition) is 2. The van der Waals surface area contributed by atoms with E-state index < -0.39 is 0 Å². The molecule has 19 heavy (non-hydrogen) atoms. The molecule has 0 aliphatic heterocycles. The summed E-state index contributed by atoms with van der Waals surface area (Å²) in [5, 5.41) is 4.13. The van der Waals surface area contributed by atoms with Crippen LogP contribution in [-0.2, 0) is 0 Å². The maximum Gasteiger partial charge on any atom is 0.263 e. The van der Waals surface area contributed by atoms with E-state index in [1.807, 2.05) is 12.1 Å². The van der Waals surface area contributed by atoms with Crippen LogP contribution in [0.1, 0.15) is 23.0 Å². The molecule has 0 bridgehead atoms. The Bertz CT molecular complexity index is 682. The van der Waals surface area contributed by atoms with E-state index in [4.69, 9.17) is 17.3 Å². The Kier molecular flexibility index (Phi) is 4.31. The number of nitrogen functional groups attached to an aromatic ring is 1. The van der Waals surface area contributed by atoms with Gasteiger partial charge in [-0.3, -0.25) is 4.79 Å². The number of carbonyl (C=O) groups excluding carboxylic acids is 1. The van der Waals surface area contributed by atoms with Crippen molar-refractivity contribution < 1.29 is 4.79 Å². The minimum atomic E-state index is -0.173. The Morgan fingerprint density at radius 3 is 3.00 bits per heavy atom. The highest BCUT2D eigenvalue weighted by molar-refractivity contribution is 7.21. The fourth-order valence-electron chi connectivity index (χ4n) is 1.74. The SMILES string of the molecule is CC#CCCNC(=O)c1sc2cccc(Cl)c2c1N. The largest absolute Gasteiger partial charge is 0.397 e. The molecule has 0 atom stereocenters. The van der Waals surface area contributed by atoms with Crippen LogP contribution in [0.15, 0.2) is 18.2 Å². The average Bonchev–Trinajstić information content (AvgIpc) is 2.73. The van der Waals surface area contributed by atoms with E-state index in [1.165, 1.54) is 11.3 Å². The lowest BCUT2D eigenvalue weighted by molar-refractivity contribution is 0.0959. The van der Waals surface area contributed by atoms with Gasteiger partial charge in [-0.25, -0.2) is 0 Å². The lowest BCUT2D eigenvalue weighted by Gasteiger charge is -2.01. The summed E-state index contributed by atoms with van der Waals surface area (Å²) in [6, 6.07) is 5.52. The molecule has 0 aliphatic rings. The predicted octanol–water partition coefficient (Wildman–Crippen LogP) is 3.28. The molecule has 0 saturated carbocycles. The summed E-state index contributed by atoms with van der Waals surface area (Å²) in [6.45, 7) is 2.29. The van der Waals surface area contributed by atoms with Crippen LogP contribution >= 0.6 is 22.9 Å². The molecule has 1 aromatic heterocycles. The first-order valence-electron chi connectivity index (χ1n) is 5.79. The van der Waals surface area contributed by atoms with Gasteiger partial charge in [0.15, 0.2) is 0 Å². The molecule has 1 amide bonds. The smallest absolute Gasteiger partial charge is 0.263 e. The molecule has 0 unspecified atom stereocenters. The second-order valence-electron chi connectivity index (χ2n) is 3.89. The van der Waals surface area contributed by atoms with Crippen molar-refractivity contribution in [2.45, 2.75) is 13.3 Å². The maximum absolute atomic E-state index is 12.0. The van der Waals surface area contributed by atoms with Gasteiger partial charge in [0.2, 0.25) is 0 Å². The number of rotatable bonds is 3. The number of benzene rings is 1. The molecule has 3 nitrogen and oxygen atoms in total. The molecule has 98 valence electrons. The number of amides is 1.